The first-order valence-corrected chi connectivity index (χ1v) is 2.91. The van der Waals surface area contributed by atoms with Gasteiger partial charge in [-0.1, -0.05) is 0 Å². The summed E-state index contributed by atoms with van der Waals surface area (Å²) in [5.74, 6) is -1.23. The van der Waals surface area contributed by atoms with Crippen LogP contribution in [0.4, 0.5) is 0 Å². The van der Waals surface area contributed by atoms with Crippen molar-refractivity contribution in [1.82, 2.24) is 0 Å². The van der Waals surface area contributed by atoms with Gasteiger partial charge in [0.25, 0.3) is 0 Å². The number of carboxylic acids is 1. The Hall–Kier alpha value is -0.650. The monoisotopic (exact) mass is 148 g/mol. The number of aliphatic carboxylic acids is 1. The number of carbonyl (C=O) groups excluding carboxylic acids is 1. The van der Waals surface area contributed by atoms with E-state index >= 15 is 0 Å². The summed E-state index contributed by atoms with van der Waals surface area (Å²) in [4.78, 5) is 9.80. The summed E-state index contributed by atoms with van der Waals surface area (Å²) in [6, 6.07) is -0.766. The lowest BCUT2D eigenvalue weighted by atomic mass is 10.1. The Labute approximate surface area is 58.1 Å². The predicted octanol–water partition coefficient (Wildman–Crippen LogP) is -4.19. The van der Waals surface area contributed by atoms with Crippen LogP contribution in [0.3, 0.4) is 0 Å². The third-order valence-electron chi connectivity index (χ3n) is 1.12. The Morgan fingerprint density at radius 1 is 1.70 bits per heavy atom. The minimum Gasteiger partial charge on any atom is -0.827 e. The van der Waals surface area contributed by atoms with Gasteiger partial charge in [-0.25, -0.2) is 0 Å². The summed E-state index contributed by atoms with van der Waals surface area (Å²) in [6.07, 6.45) is -1.96. The Bertz CT molecular complexity index is 114. The fraction of sp³-hybridized carbons (Fsp3) is 0.800. The Morgan fingerprint density at radius 3 is 2.50 bits per heavy atom. The zero-order valence-corrected chi connectivity index (χ0v) is 5.45. The molecule has 0 fully saturated rings. The molecule has 0 aliphatic rings. The van der Waals surface area contributed by atoms with Crippen LogP contribution >= 0.6 is 0 Å². The lowest BCUT2D eigenvalue weighted by Gasteiger charge is -2.19. The van der Waals surface area contributed by atoms with Gasteiger partial charge in [0.1, 0.15) is 0 Å². The average molecular weight is 148 g/mol. The maximum Gasteiger partial charge on any atom is 0.0957 e. The molecule has 0 aliphatic heterocycles. The van der Waals surface area contributed by atoms with E-state index in [1.165, 1.54) is 0 Å². The van der Waals surface area contributed by atoms with E-state index < -0.39 is 18.3 Å². The maximum atomic E-state index is 10.1. The van der Waals surface area contributed by atoms with Gasteiger partial charge in [-0.05, 0) is 6.42 Å². The van der Waals surface area contributed by atoms with Gasteiger partial charge < -0.3 is 25.8 Å². The highest BCUT2D eigenvalue weighted by Gasteiger charge is 2.06. The van der Waals surface area contributed by atoms with Crippen LogP contribution in [0.5, 0.6) is 0 Å². The molecule has 0 saturated carbocycles. The number of hydrogen-bond donors (Lipinski definition) is 2. The Morgan fingerprint density at radius 2 is 2.20 bits per heavy atom. The molecule has 5 heteroatoms. The SMILES string of the molecule is [NH3+]C(CCC(=O)[O-])C([O-])O. The van der Waals surface area contributed by atoms with Crippen molar-refractivity contribution >= 4 is 5.97 Å². The van der Waals surface area contributed by atoms with Crippen molar-refractivity contribution in [3.05, 3.63) is 0 Å². The largest absolute Gasteiger partial charge is 0.827 e. The number of hydrogen-bond acceptors (Lipinski definition) is 4. The number of carboxylic acid groups (broad SMARTS) is 1. The summed E-state index contributed by atoms with van der Waals surface area (Å²) in [7, 11) is 0. The van der Waals surface area contributed by atoms with Gasteiger partial charge in [0.2, 0.25) is 0 Å². The summed E-state index contributed by atoms with van der Waals surface area (Å²) >= 11 is 0. The fourth-order valence-corrected chi connectivity index (χ4v) is 0.446. The van der Waals surface area contributed by atoms with Gasteiger partial charge in [-0.2, -0.15) is 0 Å². The van der Waals surface area contributed by atoms with Gasteiger partial charge in [-0.15, -0.1) is 0 Å². The van der Waals surface area contributed by atoms with E-state index in [0.717, 1.165) is 0 Å². The molecule has 10 heavy (non-hydrogen) atoms. The molecule has 0 radical (unpaired) electrons. The van der Waals surface area contributed by atoms with Gasteiger partial charge in [0.05, 0.1) is 6.04 Å². The van der Waals surface area contributed by atoms with E-state index in [-0.39, 0.29) is 12.8 Å². The molecule has 0 aromatic rings. The highest BCUT2D eigenvalue weighted by atomic mass is 16.5. The smallest absolute Gasteiger partial charge is 0.0957 e. The van der Waals surface area contributed by atoms with Gasteiger partial charge in [0.15, 0.2) is 0 Å². The minimum atomic E-state index is -1.79. The van der Waals surface area contributed by atoms with Crippen LogP contribution in [-0.4, -0.2) is 23.4 Å². The topological polar surface area (TPSA) is 111 Å². The van der Waals surface area contributed by atoms with Crippen LogP contribution in [-0.2, 0) is 4.79 Å². The van der Waals surface area contributed by atoms with E-state index in [2.05, 4.69) is 5.73 Å². The molecule has 0 heterocycles. The number of carbonyl (C=O) groups is 1. The second-order valence-corrected chi connectivity index (χ2v) is 2.06. The Balaban J connectivity index is 3.39. The van der Waals surface area contributed by atoms with Gasteiger partial charge in [0, 0.05) is 18.7 Å². The third kappa shape index (κ3) is 4.25. The summed E-state index contributed by atoms with van der Waals surface area (Å²) < 4.78 is 0. The van der Waals surface area contributed by atoms with Crippen molar-refractivity contribution < 1.29 is 25.8 Å². The summed E-state index contributed by atoms with van der Waals surface area (Å²) in [5.41, 5.74) is 3.26. The molecule has 4 N–H and O–H groups in total. The van der Waals surface area contributed by atoms with Crippen LogP contribution < -0.4 is 15.9 Å². The molecule has 0 bridgehead atoms. The quantitative estimate of drug-likeness (QED) is 0.394. The molecule has 0 aliphatic carbocycles. The molecular weight excluding hydrogens is 138 g/mol. The summed E-state index contributed by atoms with van der Waals surface area (Å²) in [6.45, 7) is 0. The maximum absolute atomic E-state index is 10.1. The van der Waals surface area contributed by atoms with Crippen molar-refractivity contribution in [1.29, 1.82) is 0 Å². The first kappa shape index (κ1) is 9.35. The molecule has 2 atom stereocenters. The van der Waals surface area contributed by atoms with Gasteiger partial charge >= 0.3 is 0 Å². The van der Waals surface area contributed by atoms with E-state index in [4.69, 9.17) is 5.11 Å². The number of aliphatic hydroxyl groups excluding tert-OH is 1. The normalized spacial score (nSPS) is 16.3. The lowest BCUT2D eigenvalue weighted by molar-refractivity contribution is -0.572. The van der Waals surface area contributed by atoms with Crippen molar-refractivity contribution in [2.75, 3.05) is 0 Å². The summed E-state index contributed by atoms with van der Waals surface area (Å²) in [5, 5.41) is 28.2. The van der Waals surface area contributed by atoms with Crippen molar-refractivity contribution in [3.63, 3.8) is 0 Å². The average Bonchev–Trinajstić information content (AvgIpc) is 1.82. The molecule has 5 nitrogen and oxygen atoms in total. The van der Waals surface area contributed by atoms with E-state index in [0.29, 0.717) is 0 Å². The second kappa shape index (κ2) is 4.21. The fourth-order valence-electron chi connectivity index (χ4n) is 0.446. The number of quaternary nitrogens is 1. The zero-order valence-electron chi connectivity index (χ0n) is 5.45. The molecule has 60 valence electrons. The molecule has 0 spiro atoms. The molecule has 0 saturated heterocycles. The van der Waals surface area contributed by atoms with Gasteiger partial charge in [-0.3, -0.25) is 0 Å². The Kier molecular flexibility index (Phi) is 3.94. The van der Waals surface area contributed by atoms with Crippen molar-refractivity contribution in [3.8, 4) is 0 Å². The lowest BCUT2D eigenvalue weighted by Crippen LogP contribution is -2.69. The first-order chi connectivity index (χ1) is 4.54. The highest BCUT2D eigenvalue weighted by Crippen LogP contribution is 1.91. The van der Waals surface area contributed by atoms with Crippen LogP contribution in [0.15, 0.2) is 0 Å². The van der Waals surface area contributed by atoms with E-state index in [1.54, 1.807) is 0 Å². The van der Waals surface area contributed by atoms with Crippen molar-refractivity contribution in [2.45, 2.75) is 25.2 Å². The first-order valence-electron chi connectivity index (χ1n) is 2.91. The molecular formula is C5H10NO4-. The van der Waals surface area contributed by atoms with Crippen molar-refractivity contribution in [2.24, 2.45) is 0 Å². The van der Waals surface area contributed by atoms with Crippen LogP contribution in [0.25, 0.3) is 0 Å². The number of rotatable bonds is 4. The number of aliphatic hydroxyl groups is 1. The molecule has 0 amide bonds. The molecule has 0 aromatic heterocycles. The minimum absolute atomic E-state index is 0.0625. The molecule has 0 aromatic carbocycles. The molecule has 2 unspecified atom stereocenters. The zero-order chi connectivity index (χ0) is 8.15. The van der Waals surface area contributed by atoms with Crippen LogP contribution in [0.2, 0.25) is 0 Å². The third-order valence-corrected chi connectivity index (χ3v) is 1.12. The molecule has 0 rings (SSSR count). The van der Waals surface area contributed by atoms with E-state index in [9.17, 15) is 15.0 Å². The van der Waals surface area contributed by atoms with Crippen LogP contribution in [0.1, 0.15) is 12.8 Å². The second-order valence-electron chi connectivity index (χ2n) is 2.06. The van der Waals surface area contributed by atoms with E-state index in [1.807, 2.05) is 0 Å². The standard InChI is InChI=1S/C5H10NO4/c6-3(5(9)10)1-2-4(7)8/h3,5,9H,1-2,6H2,(H,7,8)/q-1. The predicted molar refractivity (Wildman–Crippen MR) is 26.9 cm³/mol. The highest BCUT2D eigenvalue weighted by molar-refractivity contribution is 5.64. The van der Waals surface area contributed by atoms with Crippen LogP contribution in [0, 0.1) is 0 Å².